The van der Waals surface area contributed by atoms with Crippen molar-refractivity contribution in [2.45, 2.75) is 6.18 Å². The SMILES string of the molecule is C=COCC(F)(F)[18F]. The van der Waals surface area contributed by atoms with E-state index in [0.717, 1.165) is 6.26 Å². The van der Waals surface area contributed by atoms with E-state index in [4.69, 9.17) is 0 Å². The van der Waals surface area contributed by atoms with Crippen LogP contribution in [0, 0.1) is 0 Å². The third kappa shape index (κ3) is 5.33. The monoisotopic (exact) mass is 125 g/mol. The molecule has 0 spiro atoms. The number of hydrogen-bond acceptors (Lipinski definition) is 1. The summed E-state index contributed by atoms with van der Waals surface area (Å²) in [7, 11) is 0. The van der Waals surface area contributed by atoms with Crippen molar-refractivity contribution < 1.29 is 17.9 Å². The Kier molecular flexibility index (Phi) is 2.37. The predicted octanol–water partition coefficient (Wildman–Crippen LogP) is 1.71. The van der Waals surface area contributed by atoms with Crippen LogP contribution in [0.15, 0.2) is 12.8 Å². The molecule has 0 bridgehead atoms. The van der Waals surface area contributed by atoms with Crippen molar-refractivity contribution in [1.29, 1.82) is 0 Å². The van der Waals surface area contributed by atoms with E-state index < -0.39 is 12.8 Å². The third-order valence-corrected chi connectivity index (χ3v) is 0.365. The van der Waals surface area contributed by atoms with Crippen LogP contribution in [0.2, 0.25) is 0 Å². The largest absolute Gasteiger partial charge is 0.492 e. The van der Waals surface area contributed by atoms with E-state index in [2.05, 4.69) is 11.3 Å². The van der Waals surface area contributed by atoms with Crippen LogP contribution in [0.4, 0.5) is 13.2 Å². The van der Waals surface area contributed by atoms with Gasteiger partial charge in [-0.2, -0.15) is 13.2 Å². The van der Waals surface area contributed by atoms with Crippen LogP contribution >= 0.6 is 0 Å². The normalized spacial score (nSPS) is 10.9. The number of halogens is 3. The average Bonchev–Trinajstić information content (AvgIpc) is 1.59. The second-order valence-corrected chi connectivity index (χ2v) is 1.09. The van der Waals surface area contributed by atoms with Crippen LogP contribution < -0.4 is 0 Å². The first-order valence-corrected chi connectivity index (χ1v) is 1.85. The molecule has 0 N–H and O–H groups in total. The molecule has 0 rings (SSSR count). The summed E-state index contributed by atoms with van der Waals surface area (Å²) in [5, 5.41) is 0. The maximum absolute atomic E-state index is 11.1. The van der Waals surface area contributed by atoms with Gasteiger partial charge in [0, 0.05) is 0 Å². The first-order valence-electron chi connectivity index (χ1n) is 1.85. The molecule has 4 heteroatoms. The maximum atomic E-state index is 11.1. The second kappa shape index (κ2) is 2.59. The molecule has 8 heavy (non-hydrogen) atoms. The predicted molar refractivity (Wildman–Crippen MR) is 22.2 cm³/mol. The van der Waals surface area contributed by atoms with Gasteiger partial charge in [-0.3, -0.25) is 0 Å². The minimum atomic E-state index is -4.24. The molecule has 0 fully saturated rings. The molecule has 0 amide bonds. The number of hydrogen-bond donors (Lipinski definition) is 0. The lowest BCUT2D eigenvalue weighted by molar-refractivity contribution is -0.161. The summed E-state index contributed by atoms with van der Waals surface area (Å²) in [4.78, 5) is 0. The van der Waals surface area contributed by atoms with Gasteiger partial charge >= 0.3 is 6.18 Å². The molecule has 0 aliphatic heterocycles. The molecule has 0 aromatic carbocycles. The smallest absolute Gasteiger partial charge is 0.422 e. The van der Waals surface area contributed by atoms with Gasteiger partial charge in [-0.25, -0.2) is 0 Å². The highest BCUT2D eigenvalue weighted by atomic mass is 19.3. The van der Waals surface area contributed by atoms with Gasteiger partial charge in [-0.1, -0.05) is 6.58 Å². The van der Waals surface area contributed by atoms with Crippen molar-refractivity contribution >= 4 is 0 Å². The molecule has 0 heterocycles. The number of rotatable bonds is 2. The van der Waals surface area contributed by atoms with E-state index in [-0.39, 0.29) is 0 Å². The standard InChI is InChI=1S/C4H5F3O/c1-2-8-3-4(5,6)7/h2H,1,3H2/i5-1. The van der Waals surface area contributed by atoms with E-state index in [1.807, 2.05) is 0 Å². The maximum Gasteiger partial charge on any atom is 0.422 e. The van der Waals surface area contributed by atoms with Crippen molar-refractivity contribution in [3.8, 4) is 0 Å². The van der Waals surface area contributed by atoms with Crippen LogP contribution in [0.25, 0.3) is 0 Å². The average molecular weight is 125 g/mol. The summed E-state index contributed by atoms with van der Waals surface area (Å²) < 4.78 is 37.0. The fourth-order valence-electron chi connectivity index (χ4n) is 0.153. The zero-order chi connectivity index (χ0) is 6.62. The first kappa shape index (κ1) is 7.33. The molecule has 1 nitrogen and oxygen atoms in total. The molecule has 0 aliphatic carbocycles. The highest BCUT2D eigenvalue weighted by molar-refractivity contribution is 4.53. The molecular weight excluding hydrogens is 120 g/mol. The van der Waals surface area contributed by atoms with Crippen LogP contribution in [-0.4, -0.2) is 12.8 Å². The molecule has 0 radical (unpaired) electrons. The molecule has 0 aliphatic rings. The summed E-state index contributed by atoms with van der Waals surface area (Å²) in [6.45, 7) is 1.69. The lowest BCUT2D eigenvalue weighted by Gasteiger charge is -2.02. The lowest BCUT2D eigenvalue weighted by atomic mass is 10.7. The summed E-state index contributed by atoms with van der Waals surface area (Å²) in [6, 6.07) is 0. The van der Waals surface area contributed by atoms with E-state index >= 15 is 0 Å². The fourth-order valence-corrected chi connectivity index (χ4v) is 0.153. The van der Waals surface area contributed by atoms with Gasteiger partial charge in [0.25, 0.3) is 0 Å². The van der Waals surface area contributed by atoms with Gasteiger partial charge in [0.2, 0.25) is 0 Å². The Labute approximate surface area is 44.8 Å². The first-order chi connectivity index (χ1) is 3.56. The topological polar surface area (TPSA) is 9.23 Å². The second-order valence-electron chi connectivity index (χ2n) is 1.09. The quantitative estimate of drug-likeness (QED) is 0.510. The van der Waals surface area contributed by atoms with Gasteiger partial charge in [0.15, 0.2) is 6.61 Å². The van der Waals surface area contributed by atoms with Crippen molar-refractivity contribution in [2.24, 2.45) is 0 Å². The van der Waals surface area contributed by atoms with Crippen molar-refractivity contribution in [1.82, 2.24) is 0 Å². The van der Waals surface area contributed by atoms with Crippen LogP contribution in [-0.2, 0) is 4.74 Å². The van der Waals surface area contributed by atoms with Crippen molar-refractivity contribution in [3.05, 3.63) is 12.8 Å². The van der Waals surface area contributed by atoms with Crippen molar-refractivity contribution in [2.75, 3.05) is 6.61 Å². The molecule has 0 saturated heterocycles. The highest BCUT2D eigenvalue weighted by Gasteiger charge is 2.27. The minimum absolute atomic E-state index is 0.757. The van der Waals surface area contributed by atoms with Crippen LogP contribution in [0.1, 0.15) is 0 Å². The Bertz CT molecular complexity index is 75.8. The Morgan fingerprint density at radius 1 is 1.50 bits per heavy atom. The molecule has 0 atom stereocenters. The summed E-state index contributed by atoms with van der Waals surface area (Å²) in [5.74, 6) is 0. The molecular formula is C4H5F3O. The number of ether oxygens (including phenoxy) is 1. The fraction of sp³-hybridized carbons (Fsp3) is 0.500. The van der Waals surface area contributed by atoms with E-state index in [1.165, 1.54) is 0 Å². The summed E-state index contributed by atoms with van der Waals surface area (Å²) in [6.07, 6.45) is -3.48. The summed E-state index contributed by atoms with van der Waals surface area (Å²) in [5.41, 5.74) is 0. The Morgan fingerprint density at radius 2 is 2.00 bits per heavy atom. The zero-order valence-electron chi connectivity index (χ0n) is 4.03. The molecule has 0 aromatic heterocycles. The van der Waals surface area contributed by atoms with Crippen LogP contribution in [0.3, 0.4) is 0 Å². The van der Waals surface area contributed by atoms with E-state index in [0.29, 0.717) is 0 Å². The zero-order valence-corrected chi connectivity index (χ0v) is 4.03. The Hall–Kier alpha value is -0.670. The molecule has 0 aromatic rings. The highest BCUT2D eigenvalue weighted by Crippen LogP contribution is 2.13. The van der Waals surface area contributed by atoms with Gasteiger partial charge < -0.3 is 4.74 Å². The molecule has 48 valence electrons. The van der Waals surface area contributed by atoms with E-state index in [9.17, 15) is 13.2 Å². The Balaban J connectivity index is 3.24. The van der Waals surface area contributed by atoms with Gasteiger partial charge in [-0.15, -0.1) is 0 Å². The third-order valence-electron chi connectivity index (χ3n) is 0.365. The van der Waals surface area contributed by atoms with E-state index in [1.54, 1.807) is 0 Å². The van der Waals surface area contributed by atoms with Gasteiger partial charge in [0.05, 0.1) is 6.26 Å². The summed E-state index contributed by atoms with van der Waals surface area (Å²) >= 11 is 0. The Morgan fingerprint density at radius 3 is 2.12 bits per heavy atom. The molecule has 0 unspecified atom stereocenters. The van der Waals surface area contributed by atoms with Gasteiger partial charge in [0.1, 0.15) is 0 Å². The van der Waals surface area contributed by atoms with Gasteiger partial charge in [-0.05, 0) is 0 Å². The van der Waals surface area contributed by atoms with Crippen molar-refractivity contribution in [3.63, 3.8) is 0 Å². The minimum Gasteiger partial charge on any atom is -0.492 e. The van der Waals surface area contributed by atoms with Crippen LogP contribution in [0.5, 0.6) is 0 Å². The number of alkyl halides is 3. The molecule has 0 saturated carbocycles. The lowest BCUT2D eigenvalue weighted by Crippen LogP contribution is -2.14.